The highest BCUT2D eigenvalue weighted by atomic mass is 32.2. The van der Waals surface area contributed by atoms with Crippen LogP contribution in [0.25, 0.3) is 0 Å². The number of amidine groups is 1. The number of aliphatic imine (C=N–C) groups is 1. The van der Waals surface area contributed by atoms with Crippen LogP contribution in [-0.2, 0) is 9.53 Å². The molecule has 0 atom stereocenters. The highest BCUT2D eigenvalue weighted by molar-refractivity contribution is 8.15. The zero-order valence-electron chi connectivity index (χ0n) is 14.3. The number of amides is 1. The fourth-order valence-corrected chi connectivity index (χ4v) is 3.24. The molecule has 0 aliphatic carbocycles. The second kappa shape index (κ2) is 8.79. The number of hydrogen-bond donors (Lipinski definition) is 0. The first-order valence-corrected chi connectivity index (χ1v) is 8.44. The highest BCUT2D eigenvalue weighted by Crippen LogP contribution is 2.41. The van der Waals surface area contributed by atoms with Gasteiger partial charge in [0.05, 0.1) is 32.8 Å². The molecule has 0 N–H and O–H groups in total. The molecule has 0 spiro atoms. The predicted octanol–water partition coefficient (Wildman–Crippen LogP) is 2.31. The van der Waals surface area contributed by atoms with Crippen LogP contribution in [0.2, 0.25) is 0 Å². The third-order valence-corrected chi connectivity index (χ3v) is 4.42. The number of carbonyl (C=O) groups excluding carboxylic acids is 1. The summed E-state index contributed by atoms with van der Waals surface area (Å²) in [7, 11) is 6.30. The van der Waals surface area contributed by atoms with Crippen LogP contribution < -0.4 is 14.2 Å². The third-order valence-electron chi connectivity index (χ3n) is 3.46. The molecule has 0 bridgehead atoms. The quantitative estimate of drug-likeness (QED) is 0.667. The molecule has 1 fully saturated rings. The molecule has 0 unspecified atom stereocenters. The summed E-state index contributed by atoms with van der Waals surface area (Å²) in [5.41, 5.74) is 0.637. The number of ether oxygens (including phenoxy) is 4. The third kappa shape index (κ3) is 4.12. The molecule has 0 aromatic heterocycles. The molecule has 8 heteroatoms. The summed E-state index contributed by atoms with van der Waals surface area (Å²) < 4.78 is 21.0. The van der Waals surface area contributed by atoms with Gasteiger partial charge in [-0.1, -0.05) is 11.8 Å². The molecule has 0 saturated carbocycles. The molecule has 1 aromatic carbocycles. The van der Waals surface area contributed by atoms with E-state index in [0.717, 1.165) is 6.42 Å². The summed E-state index contributed by atoms with van der Waals surface area (Å²) in [5, 5.41) is 0.672. The molecule has 1 aromatic rings. The Morgan fingerprint density at radius 1 is 1.12 bits per heavy atom. The molecule has 1 aliphatic heterocycles. The van der Waals surface area contributed by atoms with E-state index in [2.05, 4.69) is 4.99 Å². The van der Waals surface area contributed by atoms with E-state index in [9.17, 15) is 4.79 Å². The SMILES string of the molecule is COCCCN1C(=O)CSC1=Nc1cc(OC)c(OC)c(OC)c1. The van der Waals surface area contributed by atoms with Crippen LogP contribution in [0.15, 0.2) is 17.1 Å². The summed E-state index contributed by atoms with van der Waals surface area (Å²) in [5.74, 6) is 2.02. The smallest absolute Gasteiger partial charge is 0.239 e. The number of methoxy groups -OCH3 is 4. The molecule has 7 nitrogen and oxygen atoms in total. The van der Waals surface area contributed by atoms with E-state index in [-0.39, 0.29) is 5.91 Å². The van der Waals surface area contributed by atoms with Gasteiger partial charge >= 0.3 is 0 Å². The first-order chi connectivity index (χ1) is 11.6. The predicted molar refractivity (Wildman–Crippen MR) is 93.9 cm³/mol. The standard InChI is InChI=1S/C16H22N2O5S/c1-20-7-5-6-18-14(19)10-24-16(18)17-11-8-12(21-2)15(23-4)13(9-11)22-3/h8-9H,5-7,10H2,1-4H3. The molecule has 1 amide bonds. The molecule has 1 saturated heterocycles. The average molecular weight is 354 g/mol. The van der Waals surface area contributed by atoms with Crippen molar-refractivity contribution in [2.45, 2.75) is 6.42 Å². The van der Waals surface area contributed by atoms with Crippen molar-refractivity contribution in [2.24, 2.45) is 4.99 Å². The fraction of sp³-hybridized carbons (Fsp3) is 0.500. The molecule has 2 rings (SSSR count). The maximum absolute atomic E-state index is 12.0. The van der Waals surface area contributed by atoms with E-state index >= 15 is 0 Å². The number of carbonyl (C=O) groups is 1. The topological polar surface area (TPSA) is 69.6 Å². The molecule has 24 heavy (non-hydrogen) atoms. The monoisotopic (exact) mass is 354 g/mol. The van der Waals surface area contributed by atoms with Gasteiger partial charge in [-0.15, -0.1) is 0 Å². The van der Waals surface area contributed by atoms with E-state index in [0.29, 0.717) is 47.0 Å². The Bertz CT molecular complexity index is 595. The molecule has 1 heterocycles. The van der Waals surface area contributed by atoms with Gasteiger partial charge in [0, 0.05) is 32.4 Å². The lowest BCUT2D eigenvalue weighted by molar-refractivity contribution is -0.124. The van der Waals surface area contributed by atoms with Crippen molar-refractivity contribution in [2.75, 3.05) is 47.3 Å². The molecular weight excluding hydrogens is 332 g/mol. The summed E-state index contributed by atoms with van der Waals surface area (Å²) in [4.78, 5) is 18.3. The van der Waals surface area contributed by atoms with Crippen molar-refractivity contribution < 1.29 is 23.7 Å². The first kappa shape index (κ1) is 18.4. The van der Waals surface area contributed by atoms with Crippen molar-refractivity contribution in [3.63, 3.8) is 0 Å². The zero-order valence-corrected chi connectivity index (χ0v) is 15.1. The molecule has 132 valence electrons. The van der Waals surface area contributed by atoms with Crippen LogP contribution >= 0.6 is 11.8 Å². The van der Waals surface area contributed by atoms with Gasteiger partial charge in [0.1, 0.15) is 0 Å². The minimum Gasteiger partial charge on any atom is -0.493 e. The minimum atomic E-state index is 0.0577. The Kier molecular flexibility index (Phi) is 6.74. The summed E-state index contributed by atoms with van der Waals surface area (Å²) >= 11 is 1.42. The van der Waals surface area contributed by atoms with E-state index in [1.165, 1.54) is 11.8 Å². The fourth-order valence-electron chi connectivity index (χ4n) is 2.31. The van der Waals surface area contributed by atoms with Gasteiger partial charge < -0.3 is 18.9 Å². The summed E-state index contributed by atoms with van der Waals surface area (Å²) in [6.45, 7) is 1.19. The van der Waals surface area contributed by atoms with E-state index in [4.69, 9.17) is 18.9 Å². The molecule has 1 aliphatic rings. The van der Waals surface area contributed by atoms with Crippen LogP contribution in [0.1, 0.15) is 6.42 Å². The lowest BCUT2D eigenvalue weighted by atomic mass is 10.2. The van der Waals surface area contributed by atoms with Crippen molar-refractivity contribution in [3.8, 4) is 17.2 Å². The van der Waals surface area contributed by atoms with Gasteiger partial charge in [0.2, 0.25) is 11.7 Å². The normalized spacial score (nSPS) is 15.9. The van der Waals surface area contributed by atoms with Gasteiger partial charge in [-0.05, 0) is 6.42 Å². The minimum absolute atomic E-state index is 0.0577. The average Bonchev–Trinajstić information content (AvgIpc) is 2.94. The van der Waals surface area contributed by atoms with Crippen molar-refractivity contribution >= 4 is 28.5 Å². The second-order valence-electron chi connectivity index (χ2n) is 4.96. The van der Waals surface area contributed by atoms with Crippen LogP contribution in [0.5, 0.6) is 17.2 Å². The van der Waals surface area contributed by atoms with Crippen LogP contribution in [0.4, 0.5) is 5.69 Å². The number of nitrogens with zero attached hydrogens (tertiary/aromatic N) is 2. The van der Waals surface area contributed by atoms with Crippen LogP contribution in [0, 0.1) is 0 Å². The Morgan fingerprint density at radius 3 is 2.33 bits per heavy atom. The Balaban J connectivity index is 2.30. The zero-order chi connectivity index (χ0) is 17.5. The van der Waals surface area contributed by atoms with Crippen molar-refractivity contribution in [1.82, 2.24) is 4.90 Å². The van der Waals surface area contributed by atoms with Gasteiger partial charge in [0.15, 0.2) is 16.7 Å². The van der Waals surface area contributed by atoms with Gasteiger partial charge in [-0.2, -0.15) is 0 Å². The van der Waals surface area contributed by atoms with Crippen molar-refractivity contribution in [3.05, 3.63) is 12.1 Å². The maximum Gasteiger partial charge on any atom is 0.239 e. The maximum atomic E-state index is 12.0. The summed E-state index contributed by atoms with van der Waals surface area (Å²) in [6, 6.07) is 3.51. The number of hydrogen-bond acceptors (Lipinski definition) is 7. The number of benzene rings is 1. The van der Waals surface area contributed by atoms with Gasteiger partial charge in [-0.25, -0.2) is 4.99 Å². The lowest BCUT2D eigenvalue weighted by Gasteiger charge is -2.16. The Hall–Kier alpha value is -1.93. The Morgan fingerprint density at radius 2 is 1.79 bits per heavy atom. The van der Waals surface area contributed by atoms with E-state index in [1.807, 2.05) is 0 Å². The Labute approximate surface area is 145 Å². The number of thioether (sulfide) groups is 1. The second-order valence-corrected chi connectivity index (χ2v) is 5.90. The van der Waals surface area contributed by atoms with Crippen LogP contribution in [0.3, 0.4) is 0 Å². The summed E-state index contributed by atoms with van der Waals surface area (Å²) in [6.07, 6.45) is 0.761. The molecular formula is C16H22N2O5S. The molecule has 0 radical (unpaired) electrons. The largest absolute Gasteiger partial charge is 0.493 e. The van der Waals surface area contributed by atoms with Crippen LogP contribution in [-0.4, -0.2) is 63.3 Å². The van der Waals surface area contributed by atoms with Gasteiger partial charge in [0.25, 0.3) is 0 Å². The first-order valence-electron chi connectivity index (χ1n) is 7.45. The number of rotatable bonds is 8. The van der Waals surface area contributed by atoms with Gasteiger partial charge in [-0.3, -0.25) is 9.69 Å². The lowest BCUT2D eigenvalue weighted by Crippen LogP contribution is -2.31. The van der Waals surface area contributed by atoms with E-state index in [1.54, 1.807) is 45.5 Å². The van der Waals surface area contributed by atoms with Crippen molar-refractivity contribution in [1.29, 1.82) is 0 Å². The highest BCUT2D eigenvalue weighted by Gasteiger charge is 2.28. The van der Waals surface area contributed by atoms with E-state index < -0.39 is 0 Å².